The van der Waals surface area contributed by atoms with E-state index in [0.29, 0.717) is 24.4 Å². The fraction of sp³-hybridized carbons (Fsp3) is 0.222. The molecule has 2 amide bonds. The van der Waals surface area contributed by atoms with E-state index < -0.39 is 0 Å². The maximum atomic E-state index is 12.6. The molecule has 23 heavy (non-hydrogen) atoms. The predicted octanol–water partition coefficient (Wildman–Crippen LogP) is 2.96. The molecule has 3 rings (SSSR count). The van der Waals surface area contributed by atoms with Gasteiger partial charge in [-0.2, -0.15) is 0 Å². The molecule has 1 aliphatic heterocycles. The molecule has 0 radical (unpaired) electrons. The number of carbonyl (C=O) groups excluding carboxylic acids is 2. The topological polar surface area (TPSA) is 58.6 Å². The molecule has 1 heterocycles. The molecule has 0 saturated heterocycles. The van der Waals surface area contributed by atoms with Crippen molar-refractivity contribution in [3.8, 4) is 0 Å². The Morgan fingerprint density at radius 1 is 1.35 bits per heavy atom. The second kappa shape index (κ2) is 6.22. The van der Waals surface area contributed by atoms with E-state index in [4.69, 9.17) is 4.74 Å². The number of hydrogen-bond acceptors (Lipinski definition) is 3. The molecule has 0 saturated carbocycles. The fourth-order valence-corrected chi connectivity index (χ4v) is 2.93. The number of nitrogens with one attached hydrogen (secondary N) is 1. The van der Waals surface area contributed by atoms with Gasteiger partial charge in [0, 0.05) is 42.3 Å². The van der Waals surface area contributed by atoms with E-state index >= 15 is 0 Å². The van der Waals surface area contributed by atoms with Gasteiger partial charge in [-0.05, 0) is 30.7 Å². The quantitative estimate of drug-likeness (QED) is 0.659. The Kier molecular flexibility index (Phi) is 4.12. The Labute approximate surface area is 134 Å². The summed E-state index contributed by atoms with van der Waals surface area (Å²) in [4.78, 5) is 26.0. The van der Waals surface area contributed by atoms with Gasteiger partial charge < -0.3 is 15.0 Å². The van der Waals surface area contributed by atoms with Crippen LogP contribution < -0.4 is 10.2 Å². The van der Waals surface area contributed by atoms with E-state index in [2.05, 4.69) is 11.9 Å². The van der Waals surface area contributed by atoms with Crippen LogP contribution in [-0.4, -0.2) is 32.1 Å². The van der Waals surface area contributed by atoms with Crippen molar-refractivity contribution in [2.75, 3.05) is 30.5 Å². The Balaban J connectivity index is 2.05. The summed E-state index contributed by atoms with van der Waals surface area (Å²) < 4.78 is 5.07. The smallest absolute Gasteiger partial charge is 0.258 e. The Morgan fingerprint density at radius 3 is 2.91 bits per heavy atom. The van der Waals surface area contributed by atoms with Gasteiger partial charge in [0.25, 0.3) is 5.91 Å². The van der Waals surface area contributed by atoms with Crippen LogP contribution in [-0.2, 0) is 9.53 Å². The lowest BCUT2D eigenvalue weighted by Crippen LogP contribution is -2.28. The van der Waals surface area contributed by atoms with Crippen molar-refractivity contribution in [1.29, 1.82) is 0 Å². The zero-order valence-electron chi connectivity index (χ0n) is 13.0. The van der Waals surface area contributed by atoms with Crippen molar-refractivity contribution < 1.29 is 14.3 Å². The van der Waals surface area contributed by atoms with E-state index in [1.807, 2.05) is 30.3 Å². The molecule has 0 aliphatic carbocycles. The molecule has 5 heteroatoms. The lowest BCUT2D eigenvalue weighted by atomic mass is 10.0. The minimum atomic E-state index is -0.271. The van der Waals surface area contributed by atoms with Crippen LogP contribution in [0.3, 0.4) is 0 Å². The zero-order valence-corrected chi connectivity index (χ0v) is 13.0. The average molecular weight is 310 g/mol. The van der Waals surface area contributed by atoms with Gasteiger partial charge >= 0.3 is 0 Å². The van der Waals surface area contributed by atoms with Crippen LogP contribution in [0.1, 0.15) is 16.8 Å². The van der Waals surface area contributed by atoms with Crippen LogP contribution >= 0.6 is 0 Å². The molecule has 2 aromatic carbocycles. The van der Waals surface area contributed by atoms with Gasteiger partial charge in [-0.15, -0.1) is 0 Å². The largest absolute Gasteiger partial charge is 0.385 e. The van der Waals surface area contributed by atoms with Gasteiger partial charge in [0.2, 0.25) is 5.91 Å². The number of hydrogen-bond donors (Lipinski definition) is 1. The highest BCUT2D eigenvalue weighted by molar-refractivity contribution is 6.27. The highest BCUT2D eigenvalue weighted by Crippen LogP contribution is 2.40. The van der Waals surface area contributed by atoms with E-state index in [1.165, 1.54) is 6.08 Å². The van der Waals surface area contributed by atoms with E-state index in [9.17, 15) is 9.59 Å². The number of ether oxygens (including phenoxy) is 1. The summed E-state index contributed by atoms with van der Waals surface area (Å²) in [5.74, 6) is -0.277. The summed E-state index contributed by atoms with van der Waals surface area (Å²) in [5, 5.41) is 4.54. The molecule has 1 aliphatic rings. The number of carbonyl (C=O) groups is 2. The van der Waals surface area contributed by atoms with Crippen LogP contribution in [0.15, 0.2) is 43.0 Å². The van der Waals surface area contributed by atoms with Gasteiger partial charge in [0.05, 0.1) is 5.69 Å². The van der Waals surface area contributed by atoms with Crippen molar-refractivity contribution in [3.63, 3.8) is 0 Å². The summed E-state index contributed by atoms with van der Waals surface area (Å²) in [5.41, 5.74) is 2.24. The van der Waals surface area contributed by atoms with Crippen molar-refractivity contribution in [2.45, 2.75) is 6.42 Å². The lowest BCUT2D eigenvalue weighted by Gasteiger charge is -2.18. The third-order valence-corrected chi connectivity index (χ3v) is 3.96. The molecule has 0 unspecified atom stereocenters. The molecule has 0 spiro atoms. The third-order valence-electron chi connectivity index (χ3n) is 3.96. The van der Waals surface area contributed by atoms with Crippen molar-refractivity contribution in [3.05, 3.63) is 48.6 Å². The Bertz CT molecular complexity index is 798. The summed E-state index contributed by atoms with van der Waals surface area (Å²) in [6.45, 7) is 4.68. The maximum Gasteiger partial charge on any atom is 0.258 e. The standard InChI is InChI=1S/C18H18N2O3/c1-3-16(21)19-14-8-9-15-17-12(14)6-4-7-13(17)18(22)20(15)10-5-11-23-2/h3-4,6-9H,1,5,10-11H2,2H3,(H,19,21). The molecule has 5 nitrogen and oxygen atoms in total. The second-order valence-corrected chi connectivity index (χ2v) is 5.36. The van der Waals surface area contributed by atoms with Crippen LogP contribution in [0.25, 0.3) is 10.8 Å². The van der Waals surface area contributed by atoms with E-state index in [1.54, 1.807) is 12.0 Å². The van der Waals surface area contributed by atoms with Crippen LogP contribution in [0.2, 0.25) is 0 Å². The van der Waals surface area contributed by atoms with Gasteiger partial charge in [-0.25, -0.2) is 0 Å². The average Bonchev–Trinajstić information content (AvgIpc) is 2.84. The van der Waals surface area contributed by atoms with Gasteiger partial charge in [0.15, 0.2) is 0 Å². The summed E-state index contributed by atoms with van der Waals surface area (Å²) in [6, 6.07) is 9.27. The third kappa shape index (κ3) is 2.59. The predicted molar refractivity (Wildman–Crippen MR) is 90.9 cm³/mol. The minimum absolute atomic E-state index is 0.00565. The monoisotopic (exact) mass is 310 g/mol. The van der Waals surface area contributed by atoms with E-state index in [-0.39, 0.29) is 11.8 Å². The van der Waals surface area contributed by atoms with Crippen molar-refractivity contribution >= 4 is 34.0 Å². The second-order valence-electron chi connectivity index (χ2n) is 5.36. The number of nitrogens with zero attached hydrogens (tertiary/aromatic N) is 1. The van der Waals surface area contributed by atoms with Crippen LogP contribution in [0.5, 0.6) is 0 Å². The molecule has 0 bridgehead atoms. The van der Waals surface area contributed by atoms with Crippen molar-refractivity contribution in [2.24, 2.45) is 0 Å². The number of amides is 2. The van der Waals surface area contributed by atoms with Crippen molar-refractivity contribution in [1.82, 2.24) is 0 Å². The Hall–Kier alpha value is -2.66. The molecule has 1 N–H and O–H groups in total. The SMILES string of the molecule is C=CC(=O)Nc1ccc2c3c(cccc13)C(=O)N2CCCOC. The normalized spacial score (nSPS) is 12.7. The number of rotatable bonds is 6. The molecular formula is C18H18N2O3. The Morgan fingerprint density at radius 2 is 2.17 bits per heavy atom. The van der Waals surface area contributed by atoms with Crippen LogP contribution in [0, 0.1) is 0 Å². The summed E-state index contributed by atoms with van der Waals surface area (Å²) in [7, 11) is 1.65. The summed E-state index contributed by atoms with van der Waals surface area (Å²) in [6.07, 6.45) is 2.00. The number of benzene rings is 2. The summed E-state index contributed by atoms with van der Waals surface area (Å²) >= 11 is 0. The van der Waals surface area contributed by atoms with E-state index in [0.717, 1.165) is 22.9 Å². The first kappa shape index (κ1) is 15.2. The highest BCUT2D eigenvalue weighted by atomic mass is 16.5. The molecular weight excluding hydrogens is 292 g/mol. The molecule has 0 fully saturated rings. The number of anilines is 2. The first-order valence-corrected chi connectivity index (χ1v) is 7.47. The molecule has 0 atom stereocenters. The van der Waals surface area contributed by atoms with Gasteiger partial charge in [-0.1, -0.05) is 18.7 Å². The van der Waals surface area contributed by atoms with Gasteiger partial charge in [-0.3, -0.25) is 9.59 Å². The zero-order chi connectivity index (χ0) is 16.4. The first-order valence-electron chi connectivity index (χ1n) is 7.47. The molecule has 2 aromatic rings. The fourth-order valence-electron chi connectivity index (χ4n) is 2.93. The number of methoxy groups -OCH3 is 1. The maximum absolute atomic E-state index is 12.6. The van der Waals surface area contributed by atoms with Crippen LogP contribution in [0.4, 0.5) is 11.4 Å². The highest BCUT2D eigenvalue weighted by Gasteiger charge is 2.30. The lowest BCUT2D eigenvalue weighted by molar-refractivity contribution is -0.111. The van der Waals surface area contributed by atoms with Gasteiger partial charge in [0.1, 0.15) is 0 Å². The minimum Gasteiger partial charge on any atom is -0.385 e. The molecule has 118 valence electrons. The first-order chi connectivity index (χ1) is 11.2. The molecule has 0 aromatic heterocycles.